The molecule has 2 aliphatic rings. The molecule has 0 unspecified atom stereocenters. The second-order valence-corrected chi connectivity index (χ2v) is 9.08. The van der Waals surface area contributed by atoms with Crippen molar-refractivity contribution in [1.82, 2.24) is 20.1 Å². The fourth-order valence-corrected chi connectivity index (χ4v) is 5.28. The molecule has 3 aromatic rings. The van der Waals surface area contributed by atoms with Gasteiger partial charge in [0.1, 0.15) is 17.3 Å². The molecular formula is C23H22N4O4S. The minimum absolute atomic E-state index is 0.293. The molecule has 2 aliphatic heterocycles. The van der Waals surface area contributed by atoms with Crippen LogP contribution in [0.1, 0.15) is 30.0 Å². The van der Waals surface area contributed by atoms with Crippen molar-refractivity contribution >= 4 is 39.4 Å². The van der Waals surface area contributed by atoms with E-state index in [1.807, 2.05) is 37.3 Å². The number of carbonyl (C=O) groups is 3. The summed E-state index contributed by atoms with van der Waals surface area (Å²) in [6.45, 7) is 1.86. The van der Waals surface area contributed by atoms with Gasteiger partial charge in [0.2, 0.25) is 5.91 Å². The summed E-state index contributed by atoms with van der Waals surface area (Å²) in [5.41, 5.74) is 0.314. The number of fused-ring (bicyclic) bond motifs is 3. The number of ether oxygens (including phenoxy) is 1. The van der Waals surface area contributed by atoms with Crippen molar-refractivity contribution in [2.24, 2.45) is 0 Å². The van der Waals surface area contributed by atoms with Gasteiger partial charge in [-0.25, -0.2) is 9.78 Å². The molecule has 2 atom stereocenters. The third-order valence-electron chi connectivity index (χ3n) is 6.19. The first-order valence-corrected chi connectivity index (χ1v) is 11.2. The van der Waals surface area contributed by atoms with Gasteiger partial charge >= 0.3 is 6.03 Å². The topological polar surface area (TPSA) is 91.8 Å². The molecule has 32 heavy (non-hydrogen) atoms. The summed E-state index contributed by atoms with van der Waals surface area (Å²) in [6, 6.07) is 14.1. The predicted molar refractivity (Wildman–Crippen MR) is 119 cm³/mol. The molecule has 0 aliphatic carbocycles. The molecule has 0 bridgehead atoms. The van der Waals surface area contributed by atoms with Crippen LogP contribution in [0.4, 0.5) is 4.79 Å². The first-order chi connectivity index (χ1) is 15.4. The largest absolute Gasteiger partial charge is 0.493 e. The number of carbonyl (C=O) groups excluding carboxylic acids is 3. The maximum Gasteiger partial charge on any atom is 0.325 e. The van der Waals surface area contributed by atoms with Gasteiger partial charge in [0, 0.05) is 19.0 Å². The van der Waals surface area contributed by atoms with Gasteiger partial charge < -0.3 is 15.0 Å². The maximum absolute atomic E-state index is 13.4. The highest BCUT2D eigenvalue weighted by Gasteiger charge is 2.55. The van der Waals surface area contributed by atoms with Crippen LogP contribution in [0.15, 0.2) is 48.5 Å². The van der Waals surface area contributed by atoms with Crippen molar-refractivity contribution in [3.8, 4) is 5.75 Å². The van der Waals surface area contributed by atoms with Crippen LogP contribution in [0.25, 0.3) is 10.2 Å². The summed E-state index contributed by atoms with van der Waals surface area (Å²) in [6.07, 6.45) is 0.317. The first-order valence-electron chi connectivity index (χ1n) is 10.4. The minimum atomic E-state index is -1.19. The summed E-state index contributed by atoms with van der Waals surface area (Å²) in [4.78, 5) is 46.3. The van der Waals surface area contributed by atoms with Gasteiger partial charge in [-0.3, -0.25) is 14.5 Å². The lowest BCUT2D eigenvalue weighted by Crippen LogP contribution is -2.48. The SMILES string of the molecule is C[C@@H](c1nc2ccccc2s1)N(C)C(=O)CN1C(=O)N[C@@]2(CCOc3ccccc32)C1=O. The zero-order valence-corrected chi connectivity index (χ0v) is 18.5. The Balaban J connectivity index is 1.35. The molecule has 1 saturated heterocycles. The third kappa shape index (κ3) is 3.12. The Morgan fingerprint density at radius 1 is 1.25 bits per heavy atom. The Morgan fingerprint density at radius 3 is 2.81 bits per heavy atom. The smallest absolute Gasteiger partial charge is 0.325 e. The summed E-state index contributed by atoms with van der Waals surface area (Å²) in [7, 11) is 1.66. The van der Waals surface area contributed by atoms with Gasteiger partial charge in [-0.05, 0) is 25.1 Å². The van der Waals surface area contributed by atoms with Crippen LogP contribution in [0, 0.1) is 0 Å². The van der Waals surface area contributed by atoms with Crippen LogP contribution in [0.5, 0.6) is 5.75 Å². The van der Waals surface area contributed by atoms with E-state index < -0.39 is 17.5 Å². The van der Waals surface area contributed by atoms with Crippen molar-refractivity contribution in [2.75, 3.05) is 20.2 Å². The maximum atomic E-state index is 13.4. The molecule has 1 fully saturated rings. The number of nitrogens with zero attached hydrogens (tertiary/aromatic N) is 3. The van der Waals surface area contributed by atoms with Crippen LogP contribution in [0.2, 0.25) is 0 Å². The molecule has 0 saturated carbocycles. The third-order valence-corrected chi connectivity index (χ3v) is 7.40. The summed E-state index contributed by atoms with van der Waals surface area (Å²) in [5.74, 6) is -0.188. The fraction of sp³-hybridized carbons (Fsp3) is 0.304. The Morgan fingerprint density at radius 2 is 2.00 bits per heavy atom. The van der Waals surface area contributed by atoms with Crippen LogP contribution in [0.3, 0.4) is 0 Å². The molecule has 2 aromatic carbocycles. The van der Waals surface area contributed by atoms with E-state index >= 15 is 0 Å². The molecule has 0 radical (unpaired) electrons. The lowest BCUT2D eigenvalue weighted by molar-refractivity contribution is -0.140. The molecule has 9 heteroatoms. The van der Waals surface area contributed by atoms with E-state index in [1.165, 1.54) is 16.2 Å². The number of hydrogen-bond donors (Lipinski definition) is 1. The van der Waals surface area contributed by atoms with Gasteiger partial charge in [-0.1, -0.05) is 30.3 Å². The lowest BCUT2D eigenvalue weighted by Gasteiger charge is -2.33. The van der Waals surface area contributed by atoms with Crippen molar-refractivity contribution in [1.29, 1.82) is 0 Å². The standard InChI is InChI=1S/C23H22N4O4S/c1-14(20-24-16-8-4-6-10-18(16)32-20)26(2)19(28)13-27-21(29)23(25-22(27)30)11-12-31-17-9-5-3-7-15(17)23/h3-10,14H,11-13H2,1-2H3,(H,25,30)/t14-,23+/m0/s1. The number of imide groups is 1. The fourth-order valence-electron chi connectivity index (χ4n) is 4.21. The van der Waals surface area contributed by atoms with Gasteiger partial charge in [0.15, 0.2) is 5.54 Å². The highest BCUT2D eigenvalue weighted by molar-refractivity contribution is 7.18. The van der Waals surface area contributed by atoms with Gasteiger partial charge in [0.05, 0.1) is 22.9 Å². The quantitative estimate of drug-likeness (QED) is 0.617. The van der Waals surface area contributed by atoms with Crippen molar-refractivity contribution in [3.63, 3.8) is 0 Å². The van der Waals surface area contributed by atoms with Gasteiger partial charge in [0.25, 0.3) is 5.91 Å². The average Bonchev–Trinajstić information content (AvgIpc) is 3.34. The molecule has 8 nitrogen and oxygen atoms in total. The highest BCUT2D eigenvalue weighted by Crippen LogP contribution is 2.41. The summed E-state index contributed by atoms with van der Waals surface area (Å²) in [5, 5.41) is 3.62. The number of likely N-dealkylation sites (N-methyl/N-ethyl adjacent to an activating group) is 1. The van der Waals surface area contributed by atoms with E-state index in [2.05, 4.69) is 10.3 Å². The Labute approximate surface area is 188 Å². The van der Waals surface area contributed by atoms with E-state index in [1.54, 1.807) is 25.2 Å². The van der Waals surface area contributed by atoms with E-state index in [9.17, 15) is 14.4 Å². The molecule has 3 heterocycles. The molecule has 1 N–H and O–H groups in total. The number of para-hydroxylation sites is 2. The molecule has 164 valence electrons. The van der Waals surface area contributed by atoms with E-state index in [0.29, 0.717) is 24.3 Å². The minimum Gasteiger partial charge on any atom is -0.493 e. The van der Waals surface area contributed by atoms with Crippen molar-refractivity contribution in [3.05, 3.63) is 59.1 Å². The number of urea groups is 1. The highest BCUT2D eigenvalue weighted by atomic mass is 32.1. The van der Waals surface area contributed by atoms with E-state index in [0.717, 1.165) is 20.1 Å². The molecular weight excluding hydrogens is 428 g/mol. The zero-order valence-electron chi connectivity index (χ0n) is 17.7. The number of aromatic nitrogens is 1. The van der Waals surface area contributed by atoms with Crippen LogP contribution < -0.4 is 10.1 Å². The van der Waals surface area contributed by atoms with Crippen molar-refractivity contribution in [2.45, 2.75) is 24.9 Å². The normalized spacial score (nSPS) is 20.8. The Kier molecular flexibility index (Phi) is 4.85. The number of amides is 4. The molecule has 1 spiro atoms. The number of thiazole rings is 1. The lowest BCUT2D eigenvalue weighted by atomic mass is 9.84. The van der Waals surface area contributed by atoms with Crippen LogP contribution in [-0.4, -0.2) is 52.8 Å². The summed E-state index contributed by atoms with van der Waals surface area (Å²) >= 11 is 1.53. The molecule has 1 aromatic heterocycles. The average molecular weight is 451 g/mol. The molecule has 5 rings (SSSR count). The van der Waals surface area contributed by atoms with E-state index in [4.69, 9.17) is 4.74 Å². The predicted octanol–water partition coefficient (Wildman–Crippen LogP) is 3.05. The molecule has 4 amide bonds. The number of hydrogen-bond acceptors (Lipinski definition) is 6. The zero-order chi connectivity index (χ0) is 22.5. The Hall–Kier alpha value is -3.46. The number of nitrogens with one attached hydrogen (secondary N) is 1. The summed E-state index contributed by atoms with van der Waals surface area (Å²) < 4.78 is 6.70. The number of benzene rings is 2. The van der Waals surface area contributed by atoms with E-state index in [-0.39, 0.29) is 18.5 Å². The van der Waals surface area contributed by atoms with Gasteiger partial charge in [-0.2, -0.15) is 0 Å². The van der Waals surface area contributed by atoms with Crippen LogP contribution in [-0.2, 0) is 15.1 Å². The Bertz CT molecular complexity index is 1210. The van der Waals surface area contributed by atoms with Gasteiger partial charge in [-0.15, -0.1) is 11.3 Å². The second-order valence-electron chi connectivity index (χ2n) is 8.02. The van der Waals surface area contributed by atoms with Crippen molar-refractivity contribution < 1.29 is 19.1 Å². The first kappa shape index (κ1) is 20.4. The monoisotopic (exact) mass is 450 g/mol. The second kappa shape index (κ2) is 7.59. The van der Waals surface area contributed by atoms with Crippen LogP contribution >= 0.6 is 11.3 Å². The number of rotatable bonds is 4.